The normalized spacial score (nSPS) is 11.2. The van der Waals surface area contributed by atoms with E-state index < -0.39 is 0 Å². The van der Waals surface area contributed by atoms with Crippen LogP contribution in [0.15, 0.2) is 17.4 Å². The van der Waals surface area contributed by atoms with Crippen LogP contribution in [-0.2, 0) is 0 Å². The second kappa shape index (κ2) is 3.51. The van der Waals surface area contributed by atoms with Crippen LogP contribution in [0.25, 0.3) is 0 Å². The minimum absolute atomic E-state index is 0.136. The maximum absolute atomic E-state index is 8.29. The molecule has 0 bridgehead atoms. The Morgan fingerprint density at radius 2 is 2.50 bits per heavy atom. The van der Waals surface area contributed by atoms with Crippen LogP contribution < -0.4 is 10.5 Å². The Labute approximate surface area is 68.7 Å². The zero-order valence-electron chi connectivity index (χ0n) is 6.43. The van der Waals surface area contributed by atoms with Gasteiger partial charge in [-0.15, -0.1) is 0 Å². The maximum Gasteiger partial charge on any atom is 0.216 e. The predicted molar refractivity (Wildman–Crippen MR) is 41.1 cm³/mol. The molecule has 0 aliphatic heterocycles. The predicted octanol–water partition coefficient (Wildman–Crippen LogP) is -0.420. The summed E-state index contributed by atoms with van der Waals surface area (Å²) >= 11 is 0. The topological polar surface area (TPSA) is 93.6 Å². The number of oxime groups is 1. The summed E-state index contributed by atoms with van der Waals surface area (Å²) in [6, 6.07) is 1.56. The van der Waals surface area contributed by atoms with Crippen molar-refractivity contribution >= 4 is 5.84 Å². The fourth-order valence-electron chi connectivity index (χ4n) is 0.624. The molecule has 1 heterocycles. The van der Waals surface area contributed by atoms with Crippen LogP contribution in [0.5, 0.6) is 5.88 Å². The van der Waals surface area contributed by atoms with E-state index in [1.807, 2.05) is 0 Å². The smallest absolute Gasteiger partial charge is 0.216 e. The Bertz CT molecular complexity index is 299. The number of aromatic nitrogens is 2. The number of rotatable bonds is 2. The summed E-state index contributed by atoms with van der Waals surface area (Å²) in [6.45, 7) is 0. The Morgan fingerprint density at radius 1 is 1.75 bits per heavy atom. The fourth-order valence-corrected chi connectivity index (χ4v) is 0.624. The second-order valence-corrected chi connectivity index (χ2v) is 1.91. The first-order chi connectivity index (χ1) is 5.77. The molecule has 3 N–H and O–H groups in total. The zero-order valence-corrected chi connectivity index (χ0v) is 6.43. The van der Waals surface area contributed by atoms with E-state index in [1.54, 1.807) is 6.07 Å². The van der Waals surface area contributed by atoms with E-state index in [9.17, 15) is 0 Å². The molecular weight excluding hydrogens is 160 g/mol. The van der Waals surface area contributed by atoms with Crippen LogP contribution in [0, 0.1) is 0 Å². The van der Waals surface area contributed by atoms with Crippen molar-refractivity contribution in [2.75, 3.05) is 7.11 Å². The van der Waals surface area contributed by atoms with Gasteiger partial charge in [-0.1, -0.05) is 5.16 Å². The molecule has 6 heteroatoms. The third-order valence-corrected chi connectivity index (χ3v) is 1.18. The summed E-state index contributed by atoms with van der Waals surface area (Å²) in [4.78, 5) is 7.56. The SMILES string of the molecule is COc1ccnc(C(N)=NO)n1. The molecule has 1 rings (SSSR count). The zero-order chi connectivity index (χ0) is 8.97. The van der Waals surface area contributed by atoms with Gasteiger partial charge in [-0.3, -0.25) is 0 Å². The second-order valence-electron chi connectivity index (χ2n) is 1.91. The molecule has 0 amide bonds. The maximum atomic E-state index is 8.29. The van der Waals surface area contributed by atoms with E-state index in [-0.39, 0.29) is 11.7 Å². The van der Waals surface area contributed by atoms with Gasteiger partial charge in [0.1, 0.15) is 0 Å². The van der Waals surface area contributed by atoms with E-state index in [1.165, 1.54) is 13.3 Å². The van der Waals surface area contributed by atoms with E-state index in [2.05, 4.69) is 15.1 Å². The van der Waals surface area contributed by atoms with Crippen molar-refractivity contribution in [3.63, 3.8) is 0 Å². The number of amidine groups is 1. The summed E-state index contributed by atoms with van der Waals surface area (Å²) in [6.07, 6.45) is 1.46. The van der Waals surface area contributed by atoms with Gasteiger partial charge in [0.25, 0.3) is 0 Å². The van der Waals surface area contributed by atoms with Crippen LogP contribution in [0.3, 0.4) is 0 Å². The summed E-state index contributed by atoms with van der Waals surface area (Å²) in [5, 5.41) is 11.0. The molecule has 0 fully saturated rings. The Balaban J connectivity index is 3.02. The van der Waals surface area contributed by atoms with Gasteiger partial charge >= 0.3 is 0 Å². The average Bonchev–Trinajstić information content (AvgIpc) is 2.17. The summed E-state index contributed by atoms with van der Waals surface area (Å²) in [7, 11) is 1.47. The summed E-state index contributed by atoms with van der Waals surface area (Å²) in [5.41, 5.74) is 5.24. The molecule has 0 aromatic carbocycles. The van der Waals surface area contributed by atoms with Gasteiger partial charge in [-0.25, -0.2) is 4.98 Å². The van der Waals surface area contributed by atoms with Gasteiger partial charge < -0.3 is 15.7 Å². The molecule has 0 saturated carbocycles. The quantitative estimate of drug-likeness (QED) is 0.271. The molecule has 1 aromatic rings. The lowest BCUT2D eigenvalue weighted by Crippen LogP contribution is -2.16. The average molecular weight is 168 g/mol. The highest BCUT2D eigenvalue weighted by atomic mass is 16.5. The molecule has 0 radical (unpaired) electrons. The molecule has 0 spiro atoms. The number of hydrogen-bond acceptors (Lipinski definition) is 5. The van der Waals surface area contributed by atoms with Crippen molar-refractivity contribution in [3.05, 3.63) is 18.1 Å². The lowest BCUT2D eigenvalue weighted by atomic mass is 10.5. The van der Waals surface area contributed by atoms with Crippen LogP contribution in [-0.4, -0.2) is 28.1 Å². The summed E-state index contributed by atoms with van der Waals surface area (Å²) < 4.78 is 4.81. The first-order valence-corrected chi connectivity index (χ1v) is 3.13. The minimum atomic E-state index is -0.145. The van der Waals surface area contributed by atoms with Crippen LogP contribution in [0.4, 0.5) is 0 Å². The molecule has 6 nitrogen and oxygen atoms in total. The van der Waals surface area contributed by atoms with E-state index >= 15 is 0 Å². The Hall–Kier alpha value is -1.85. The molecule has 0 aliphatic rings. The largest absolute Gasteiger partial charge is 0.481 e. The standard InChI is InChI=1S/C6H8N4O2/c1-12-4-2-3-8-6(9-4)5(7)10-11/h2-3,11H,1H3,(H2,7,10). The third kappa shape index (κ3) is 1.60. The minimum Gasteiger partial charge on any atom is -0.481 e. The first-order valence-electron chi connectivity index (χ1n) is 3.13. The Morgan fingerprint density at radius 3 is 3.08 bits per heavy atom. The lowest BCUT2D eigenvalue weighted by molar-refractivity contribution is 0.318. The van der Waals surface area contributed by atoms with Crippen molar-refractivity contribution in [3.8, 4) is 5.88 Å². The highest BCUT2D eigenvalue weighted by Gasteiger charge is 2.02. The molecule has 0 saturated heterocycles. The molecule has 1 aromatic heterocycles. The number of hydrogen-bond donors (Lipinski definition) is 2. The number of nitrogens with zero attached hydrogens (tertiary/aromatic N) is 3. The van der Waals surface area contributed by atoms with E-state index in [4.69, 9.17) is 15.7 Å². The van der Waals surface area contributed by atoms with Gasteiger partial charge in [0.2, 0.25) is 17.5 Å². The number of ether oxygens (including phenoxy) is 1. The van der Waals surface area contributed by atoms with Crippen molar-refractivity contribution in [2.24, 2.45) is 10.9 Å². The summed E-state index contributed by atoms with van der Waals surface area (Å²) in [5.74, 6) is 0.359. The molecule has 64 valence electrons. The number of methoxy groups -OCH3 is 1. The van der Waals surface area contributed by atoms with Crippen molar-refractivity contribution in [2.45, 2.75) is 0 Å². The lowest BCUT2D eigenvalue weighted by Gasteiger charge is -1.99. The van der Waals surface area contributed by atoms with Crippen LogP contribution >= 0.6 is 0 Å². The molecule has 0 unspecified atom stereocenters. The van der Waals surface area contributed by atoms with Crippen LogP contribution in [0.2, 0.25) is 0 Å². The monoisotopic (exact) mass is 168 g/mol. The third-order valence-electron chi connectivity index (χ3n) is 1.18. The van der Waals surface area contributed by atoms with Gasteiger partial charge in [0, 0.05) is 12.3 Å². The van der Waals surface area contributed by atoms with Crippen LogP contribution in [0.1, 0.15) is 5.82 Å². The molecule has 0 atom stereocenters. The molecule has 0 aliphatic carbocycles. The van der Waals surface area contributed by atoms with Crippen molar-refractivity contribution in [1.29, 1.82) is 0 Å². The first kappa shape index (κ1) is 8.25. The van der Waals surface area contributed by atoms with E-state index in [0.29, 0.717) is 5.88 Å². The van der Waals surface area contributed by atoms with Gasteiger partial charge in [-0.2, -0.15) is 4.98 Å². The fraction of sp³-hybridized carbons (Fsp3) is 0.167. The van der Waals surface area contributed by atoms with E-state index in [0.717, 1.165) is 0 Å². The highest BCUT2D eigenvalue weighted by molar-refractivity contribution is 5.93. The molecule has 12 heavy (non-hydrogen) atoms. The number of nitrogens with two attached hydrogens (primary N) is 1. The van der Waals surface area contributed by atoms with Gasteiger partial charge in [-0.05, 0) is 0 Å². The van der Waals surface area contributed by atoms with Gasteiger partial charge in [0.15, 0.2) is 0 Å². The molecular formula is C6H8N4O2. The Kier molecular flexibility index (Phi) is 2.42. The van der Waals surface area contributed by atoms with Gasteiger partial charge in [0.05, 0.1) is 7.11 Å². The van der Waals surface area contributed by atoms with Crippen molar-refractivity contribution < 1.29 is 9.94 Å². The highest BCUT2D eigenvalue weighted by Crippen LogP contribution is 2.02. The van der Waals surface area contributed by atoms with Crippen molar-refractivity contribution in [1.82, 2.24) is 9.97 Å².